The van der Waals surface area contributed by atoms with E-state index >= 15 is 0 Å². The van der Waals surface area contributed by atoms with E-state index in [1.54, 1.807) is 0 Å². The average Bonchev–Trinajstić information content (AvgIpc) is 2.67. The van der Waals surface area contributed by atoms with Gasteiger partial charge in [0.2, 0.25) is 0 Å². The Hall–Kier alpha value is -2.29. The highest BCUT2D eigenvalue weighted by Gasteiger charge is 2.09. The first kappa shape index (κ1) is 9.90. The van der Waals surface area contributed by atoms with Gasteiger partial charge in [0.1, 0.15) is 0 Å². The molecule has 0 aliphatic rings. The molecule has 2 heterocycles. The Bertz CT molecular complexity index is 669. The molecule has 0 aliphatic heterocycles. The summed E-state index contributed by atoms with van der Waals surface area (Å²) in [5.41, 5.74) is 10.9. The maximum absolute atomic E-state index is 5.76. The van der Waals surface area contributed by atoms with E-state index in [1.165, 1.54) is 5.56 Å². The number of aromatic nitrogens is 2. The molecule has 2 N–H and O–H groups in total. The third kappa shape index (κ3) is 1.56. The number of nitrogens with two attached hydrogens (primary N) is 1. The minimum atomic E-state index is 0.722. The van der Waals surface area contributed by atoms with Gasteiger partial charge in [-0.25, -0.2) is 4.52 Å². The van der Waals surface area contributed by atoms with Crippen LogP contribution in [0.2, 0.25) is 0 Å². The van der Waals surface area contributed by atoms with Crippen molar-refractivity contribution in [3.8, 4) is 11.3 Å². The number of hydrogen-bond acceptors (Lipinski definition) is 2. The number of rotatable bonds is 1. The van der Waals surface area contributed by atoms with Gasteiger partial charge in [0.05, 0.1) is 23.1 Å². The second-order valence-corrected chi connectivity index (χ2v) is 4.13. The van der Waals surface area contributed by atoms with Gasteiger partial charge in [-0.05, 0) is 19.1 Å². The minimum Gasteiger partial charge on any atom is -0.397 e. The third-order valence-corrected chi connectivity index (χ3v) is 2.95. The van der Waals surface area contributed by atoms with Gasteiger partial charge >= 0.3 is 0 Å². The predicted molar refractivity (Wildman–Crippen MR) is 69.8 cm³/mol. The van der Waals surface area contributed by atoms with Crippen LogP contribution in [0.1, 0.15) is 5.56 Å². The molecule has 0 radical (unpaired) electrons. The van der Waals surface area contributed by atoms with Crippen molar-refractivity contribution in [2.45, 2.75) is 6.92 Å². The van der Waals surface area contributed by atoms with Crippen LogP contribution in [-0.4, -0.2) is 9.61 Å². The molecule has 17 heavy (non-hydrogen) atoms. The standard InChI is InChI=1S/C14H13N3/c1-10-13-8-7-12(15)9-17(13)16-14(10)11-5-3-2-4-6-11/h2-9H,15H2,1H3. The fourth-order valence-electron chi connectivity index (χ4n) is 2.06. The quantitative estimate of drug-likeness (QED) is 0.689. The summed E-state index contributed by atoms with van der Waals surface area (Å²) in [4.78, 5) is 0. The van der Waals surface area contributed by atoms with Crippen molar-refractivity contribution < 1.29 is 0 Å². The molecule has 84 valence electrons. The van der Waals surface area contributed by atoms with Crippen LogP contribution in [0.4, 0.5) is 5.69 Å². The highest BCUT2D eigenvalue weighted by molar-refractivity contribution is 5.72. The molecule has 3 nitrogen and oxygen atoms in total. The smallest absolute Gasteiger partial charge is 0.0962 e. The van der Waals surface area contributed by atoms with Gasteiger partial charge in [-0.3, -0.25) is 0 Å². The van der Waals surface area contributed by atoms with Gasteiger partial charge in [-0.1, -0.05) is 30.3 Å². The van der Waals surface area contributed by atoms with E-state index < -0.39 is 0 Å². The van der Waals surface area contributed by atoms with Crippen molar-refractivity contribution in [2.24, 2.45) is 0 Å². The highest BCUT2D eigenvalue weighted by Crippen LogP contribution is 2.25. The molecule has 0 atom stereocenters. The Morgan fingerprint density at radius 2 is 1.82 bits per heavy atom. The van der Waals surface area contributed by atoms with Crippen molar-refractivity contribution >= 4 is 11.2 Å². The molecule has 0 aliphatic carbocycles. The summed E-state index contributed by atoms with van der Waals surface area (Å²) >= 11 is 0. The number of nitrogen functional groups attached to an aromatic ring is 1. The summed E-state index contributed by atoms with van der Waals surface area (Å²) in [6.07, 6.45) is 1.84. The predicted octanol–water partition coefficient (Wildman–Crippen LogP) is 2.89. The monoisotopic (exact) mass is 223 g/mol. The Morgan fingerprint density at radius 1 is 1.06 bits per heavy atom. The maximum Gasteiger partial charge on any atom is 0.0962 e. The van der Waals surface area contributed by atoms with Crippen LogP contribution >= 0.6 is 0 Å². The summed E-state index contributed by atoms with van der Waals surface area (Å²) in [6, 6.07) is 14.1. The summed E-state index contributed by atoms with van der Waals surface area (Å²) < 4.78 is 1.84. The van der Waals surface area contributed by atoms with Gasteiger partial charge in [0, 0.05) is 11.1 Å². The zero-order chi connectivity index (χ0) is 11.8. The van der Waals surface area contributed by atoms with Gasteiger partial charge in [-0.15, -0.1) is 0 Å². The molecule has 0 bridgehead atoms. The topological polar surface area (TPSA) is 43.3 Å². The Morgan fingerprint density at radius 3 is 2.59 bits per heavy atom. The van der Waals surface area contributed by atoms with Crippen molar-refractivity contribution in [3.63, 3.8) is 0 Å². The van der Waals surface area contributed by atoms with E-state index in [4.69, 9.17) is 5.73 Å². The van der Waals surface area contributed by atoms with E-state index in [0.29, 0.717) is 0 Å². The number of hydrogen-bond donors (Lipinski definition) is 1. The van der Waals surface area contributed by atoms with Gasteiger partial charge in [0.25, 0.3) is 0 Å². The van der Waals surface area contributed by atoms with E-state index in [-0.39, 0.29) is 0 Å². The second kappa shape index (κ2) is 3.63. The zero-order valence-electron chi connectivity index (χ0n) is 9.59. The SMILES string of the molecule is Cc1c(-c2ccccc2)nn2cc(N)ccc12. The van der Waals surface area contributed by atoms with Crippen molar-refractivity contribution in [1.29, 1.82) is 0 Å². The Kier molecular flexibility index (Phi) is 2.11. The maximum atomic E-state index is 5.76. The lowest BCUT2D eigenvalue weighted by atomic mass is 10.1. The molecule has 0 saturated carbocycles. The molecule has 3 rings (SSSR count). The molecule has 2 aromatic heterocycles. The molecular formula is C14H13N3. The average molecular weight is 223 g/mol. The molecule has 0 saturated heterocycles. The fourth-order valence-corrected chi connectivity index (χ4v) is 2.06. The summed E-state index contributed by atoms with van der Waals surface area (Å²) in [6.45, 7) is 2.08. The number of fused-ring (bicyclic) bond motifs is 1. The number of benzene rings is 1. The molecule has 3 aromatic rings. The first-order chi connectivity index (χ1) is 8.25. The number of anilines is 1. The molecule has 0 fully saturated rings. The van der Waals surface area contributed by atoms with Crippen LogP contribution in [0.3, 0.4) is 0 Å². The van der Waals surface area contributed by atoms with Crippen molar-refractivity contribution in [2.75, 3.05) is 5.73 Å². The zero-order valence-corrected chi connectivity index (χ0v) is 9.59. The Labute approximate surface area is 99.5 Å². The van der Waals surface area contributed by atoms with Crippen LogP contribution in [0.5, 0.6) is 0 Å². The first-order valence-corrected chi connectivity index (χ1v) is 5.55. The normalized spacial score (nSPS) is 10.9. The lowest BCUT2D eigenvalue weighted by Crippen LogP contribution is -1.91. The molecular weight excluding hydrogens is 210 g/mol. The van der Waals surface area contributed by atoms with E-state index in [1.807, 2.05) is 41.0 Å². The number of aryl methyl sites for hydroxylation is 1. The Balaban J connectivity index is 2.28. The number of nitrogens with zero attached hydrogens (tertiary/aromatic N) is 2. The molecule has 3 heteroatoms. The van der Waals surface area contributed by atoms with E-state index in [9.17, 15) is 0 Å². The minimum absolute atomic E-state index is 0.722. The first-order valence-electron chi connectivity index (χ1n) is 5.55. The molecule has 0 spiro atoms. The van der Waals surface area contributed by atoms with Crippen LogP contribution in [-0.2, 0) is 0 Å². The van der Waals surface area contributed by atoms with Gasteiger partial charge in [-0.2, -0.15) is 5.10 Å². The van der Waals surface area contributed by atoms with Gasteiger partial charge in [0.15, 0.2) is 0 Å². The molecule has 0 amide bonds. The number of pyridine rings is 1. The summed E-state index contributed by atoms with van der Waals surface area (Å²) in [7, 11) is 0. The van der Waals surface area contributed by atoms with Crippen LogP contribution in [0.15, 0.2) is 48.7 Å². The summed E-state index contributed by atoms with van der Waals surface area (Å²) in [5, 5.41) is 4.58. The molecule has 1 aromatic carbocycles. The summed E-state index contributed by atoms with van der Waals surface area (Å²) in [5.74, 6) is 0. The van der Waals surface area contributed by atoms with E-state index in [2.05, 4.69) is 24.2 Å². The van der Waals surface area contributed by atoms with Crippen LogP contribution in [0.25, 0.3) is 16.8 Å². The lowest BCUT2D eigenvalue weighted by molar-refractivity contribution is 0.968. The van der Waals surface area contributed by atoms with E-state index in [0.717, 1.165) is 22.5 Å². The van der Waals surface area contributed by atoms with Crippen molar-refractivity contribution in [3.05, 3.63) is 54.2 Å². The second-order valence-electron chi connectivity index (χ2n) is 4.13. The van der Waals surface area contributed by atoms with Crippen molar-refractivity contribution in [1.82, 2.24) is 9.61 Å². The molecule has 0 unspecified atom stereocenters. The van der Waals surface area contributed by atoms with Gasteiger partial charge < -0.3 is 5.73 Å². The fraction of sp³-hybridized carbons (Fsp3) is 0.0714. The van der Waals surface area contributed by atoms with Crippen LogP contribution < -0.4 is 5.73 Å². The highest BCUT2D eigenvalue weighted by atomic mass is 15.2. The van der Waals surface area contributed by atoms with Crippen LogP contribution in [0, 0.1) is 6.92 Å². The lowest BCUT2D eigenvalue weighted by Gasteiger charge is -1.96. The largest absolute Gasteiger partial charge is 0.397 e. The third-order valence-electron chi connectivity index (χ3n) is 2.95.